The molecule has 0 aliphatic heterocycles. The molecule has 0 fully saturated rings. The molecule has 150 valence electrons. The van der Waals surface area contributed by atoms with Crippen LogP contribution in [-0.4, -0.2) is 25.5 Å². The van der Waals surface area contributed by atoms with Crippen LogP contribution in [0, 0.1) is 0 Å². The number of rotatable bonds is 13. The molecule has 0 radical (unpaired) electrons. The third-order valence-corrected chi connectivity index (χ3v) is 5.16. The van der Waals surface area contributed by atoms with Crippen molar-refractivity contribution in [1.82, 2.24) is 5.32 Å². The average molecular weight is 465 g/mol. The largest absolute Gasteiger partial charge is 0.492 e. The highest BCUT2D eigenvalue weighted by molar-refractivity contribution is 9.10. The number of benzene rings is 2. The molecule has 0 aliphatic rings. The van der Waals surface area contributed by atoms with Crippen molar-refractivity contribution in [2.24, 2.45) is 0 Å². The zero-order chi connectivity index (χ0) is 20.2. The maximum Gasteiger partial charge on any atom is 0.193 e. The molecule has 0 atom stereocenters. The van der Waals surface area contributed by atoms with Gasteiger partial charge in [-0.15, -0.1) is 6.58 Å². The first-order chi connectivity index (χ1) is 13.6. The number of ether oxygens (including phenoxy) is 1. The van der Waals surface area contributed by atoms with Gasteiger partial charge in [-0.2, -0.15) is 0 Å². The second kappa shape index (κ2) is 12.8. The van der Waals surface area contributed by atoms with Crippen molar-refractivity contribution in [1.29, 1.82) is 0 Å². The van der Waals surface area contributed by atoms with Gasteiger partial charge in [0.15, 0.2) is 5.78 Å². The summed E-state index contributed by atoms with van der Waals surface area (Å²) < 4.78 is 6.72. The standard InChI is InChI=1S/C23H27BrClNO2/c1-2-3-14-26-15-6-4-5-7-16-28-22-13-10-19(17-21(22)25)23(27)18-8-11-20(24)12-9-18/h2,8-13,17,26H,1,3-7,14-16H2. The SMILES string of the molecule is C=CCCNCCCCCCOc1ccc(C(=O)c2ccc(Br)cc2)cc1Cl. The first-order valence-corrected chi connectivity index (χ1v) is 10.8. The summed E-state index contributed by atoms with van der Waals surface area (Å²) >= 11 is 9.68. The minimum absolute atomic E-state index is 0.0531. The van der Waals surface area contributed by atoms with Gasteiger partial charge in [-0.1, -0.05) is 46.4 Å². The summed E-state index contributed by atoms with van der Waals surface area (Å²) in [5.74, 6) is 0.572. The second-order valence-electron chi connectivity index (χ2n) is 6.57. The Morgan fingerprint density at radius 3 is 2.46 bits per heavy atom. The van der Waals surface area contributed by atoms with Gasteiger partial charge in [0, 0.05) is 15.6 Å². The van der Waals surface area contributed by atoms with Gasteiger partial charge >= 0.3 is 0 Å². The number of halogens is 2. The van der Waals surface area contributed by atoms with Crippen LogP contribution in [0.3, 0.4) is 0 Å². The molecule has 0 aliphatic carbocycles. The fourth-order valence-corrected chi connectivity index (χ4v) is 3.24. The number of hydrogen-bond acceptors (Lipinski definition) is 3. The maximum atomic E-state index is 12.5. The molecule has 0 saturated heterocycles. The third-order valence-electron chi connectivity index (χ3n) is 4.33. The Bertz CT molecular complexity index is 762. The van der Waals surface area contributed by atoms with Gasteiger partial charge < -0.3 is 10.1 Å². The molecular weight excluding hydrogens is 438 g/mol. The van der Waals surface area contributed by atoms with E-state index in [-0.39, 0.29) is 5.78 Å². The highest BCUT2D eigenvalue weighted by atomic mass is 79.9. The lowest BCUT2D eigenvalue weighted by Gasteiger charge is -2.10. The van der Waals surface area contributed by atoms with Crippen molar-refractivity contribution in [3.63, 3.8) is 0 Å². The number of carbonyl (C=O) groups excluding carboxylic acids is 1. The molecule has 0 unspecified atom stereocenters. The van der Waals surface area contributed by atoms with Crippen LogP contribution >= 0.6 is 27.5 Å². The molecule has 2 rings (SSSR count). The van der Waals surface area contributed by atoms with Crippen LogP contribution in [0.2, 0.25) is 5.02 Å². The highest BCUT2D eigenvalue weighted by Gasteiger charge is 2.12. The molecule has 3 nitrogen and oxygen atoms in total. The normalized spacial score (nSPS) is 10.6. The number of unbranched alkanes of at least 4 members (excludes halogenated alkanes) is 3. The molecule has 2 aromatic rings. The lowest BCUT2D eigenvalue weighted by Crippen LogP contribution is -2.15. The van der Waals surface area contributed by atoms with E-state index >= 15 is 0 Å². The summed E-state index contributed by atoms with van der Waals surface area (Å²) in [7, 11) is 0. The van der Waals surface area contributed by atoms with Crippen LogP contribution < -0.4 is 10.1 Å². The van der Waals surface area contributed by atoms with Crippen LogP contribution in [0.4, 0.5) is 0 Å². The Hall–Kier alpha value is -1.62. The van der Waals surface area contributed by atoms with Crippen LogP contribution in [0.25, 0.3) is 0 Å². The molecule has 0 bridgehead atoms. The van der Waals surface area contributed by atoms with Crippen LogP contribution in [0.1, 0.15) is 48.0 Å². The van der Waals surface area contributed by atoms with E-state index in [1.165, 1.54) is 12.8 Å². The van der Waals surface area contributed by atoms with E-state index in [1.807, 2.05) is 18.2 Å². The minimum Gasteiger partial charge on any atom is -0.492 e. The van der Waals surface area contributed by atoms with Crippen molar-refractivity contribution in [3.05, 3.63) is 75.7 Å². The van der Waals surface area contributed by atoms with Gasteiger partial charge in [0.05, 0.1) is 11.6 Å². The van der Waals surface area contributed by atoms with Crippen LogP contribution in [0.5, 0.6) is 5.75 Å². The van der Waals surface area contributed by atoms with Gasteiger partial charge in [-0.3, -0.25) is 4.79 Å². The van der Waals surface area contributed by atoms with E-state index < -0.39 is 0 Å². The van der Waals surface area contributed by atoms with Crippen LogP contribution in [-0.2, 0) is 0 Å². The molecule has 1 N–H and O–H groups in total. The third kappa shape index (κ3) is 7.78. The number of hydrogen-bond donors (Lipinski definition) is 1. The second-order valence-corrected chi connectivity index (χ2v) is 7.89. The predicted molar refractivity (Wildman–Crippen MR) is 121 cm³/mol. The van der Waals surface area contributed by atoms with Gasteiger partial charge in [-0.05, 0) is 74.8 Å². The van der Waals surface area contributed by atoms with Crippen molar-refractivity contribution >= 4 is 33.3 Å². The van der Waals surface area contributed by atoms with E-state index in [1.54, 1.807) is 30.3 Å². The van der Waals surface area contributed by atoms with E-state index in [4.69, 9.17) is 16.3 Å². The summed E-state index contributed by atoms with van der Waals surface area (Å²) in [6.07, 6.45) is 7.41. The van der Waals surface area contributed by atoms with Gasteiger partial charge in [0.1, 0.15) is 5.75 Å². The summed E-state index contributed by atoms with van der Waals surface area (Å²) in [4.78, 5) is 12.5. The van der Waals surface area contributed by atoms with E-state index in [2.05, 4.69) is 27.8 Å². The zero-order valence-corrected chi connectivity index (χ0v) is 18.4. The predicted octanol–water partition coefficient (Wildman–Crippen LogP) is 6.44. The van der Waals surface area contributed by atoms with Crippen molar-refractivity contribution < 1.29 is 9.53 Å². The first-order valence-electron chi connectivity index (χ1n) is 9.66. The van der Waals surface area contributed by atoms with Crippen molar-refractivity contribution in [3.8, 4) is 5.75 Å². The summed E-state index contributed by atoms with van der Waals surface area (Å²) in [5, 5.41) is 3.86. The zero-order valence-electron chi connectivity index (χ0n) is 16.1. The molecule has 0 heterocycles. The average Bonchev–Trinajstić information content (AvgIpc) is 2.70. The number of carbonyl (C=O) groups is 1. The molecule has 0 amide bonds. The Morgan fingerprint density at radius 2 is 1.75 bits per heavy atom. The van der Waals surface area contributed by atoms with Gasteiger partial charge in [0.25, 0.3) is 0 Å². The summed E-state index contributed by atoms with van der Waals surface area (Å²) in [5.41, 5.74) is 1.19. The smallest absolute Gasteiger partial charge is 0.193 e. The van der Waals surface area contributed by atoms with Crippen molar-refractivity contribution in [2.45, 2.75) is 32.1 Å². The minimum atomic E-state index is -0.0531. The monoisotopic (exact) mass is 463 g/mol. The Morgan fingerprint density at radius 1 is 1.04 bits per heavy atom. The molecule has 0 saturated carbocycles. The number of nitrogens with one attached hydrogen (secondary N) is 1. The molecule has 28 heavy (non-hydrogen) atoms. The maximum absolute atomic E-state index is 12.5. The molecule has 0 spiro atoms. The Kier molecular flexibility index (Phi) is 10.3. The summed E-state index contributed by atoms with van der Waals surface area (Å²) in [6, 6.07) is 12.5. The quantitative estimate of drug-likeness (QED) is 0.211. The van der Waals surface area contributed by atoms with Gasteiger partial charge in [-0.25, -0.2) is 0 Å². The Balaban J connectivity index is 1.71. The summed E-state index contributed by atoms with van der Waals surface area (Å²) in [6.45, 7) is 6.39. The number of ketones is 1. The first kappa shape index (κ1) is 22.7. The van der Waals surface area contributed by atoms with E-state index in [0.29, 0.717) is 28.5 Å². The lowest BCUT2D eigenvalue weighted by molar-refractivity contribution is 0.103. The van der Waals surface area contributed by atoms with E-state index in [0.717, 1.165) is 36.8 Å². The highest BCUT2D eigenvalue weighted by Crippen LogP contribution is 2.27. The van der Waals surface area contributed by atoms with Crippen molar-refractivity contribution in [2.75, 3.05) is 19.7 Å². The van der Waals surface area contributed by atoms with E-state index in [9.17, 15) is 4.79 Å². The van der Waals surface area contributed by atoms with Crippen LogP contribution in [0.15, 0.2) is 59.6 Å². The topological polar surface area (TPSA) is 38.3 Å². The molecular formula is C23H27BrClNO2. The Labute approximate surface area is 181 Å². The lowest BCUT2D eigenvalue weighted by atomic mass is 10.0. The molecule has 5 heteroatoms. The molecule has 0 aromatic heterocycles. The van der Waals surface area contributed by atoms with Gasteiger partial charge in [0.2, 0.25) is 0 Å². The fraction of sp³-hybridized carbons (Fsp3) is 0.348. The fourth-order valence-electron chi connectivity index (χ4n) is 2.74. The molecule has 2 aromatic carbocycles.